The summed E-state index contributed by atoms with van der Waals surface area (Å²) in [6, 6.07) is 15.2. The van der Waals surface area contributed by atoms with Crippen LogP contribution in [0.4, 0.5) is 0 Å². The van der Waals surface area contributed by atoms with Gasteiger partial charge in [0.2, 0.25) is 0 Å². The summed E-state index contributed by atoms with van der Waals surface area (Å²) < 4.78 is 0. The lowest BCUT2D eigenvalue weighted by molar-refractivity contribution is 0.509. The first kappa shape index (κ1) is 16.9. The van der Waals surface area contributed by atoms with Gasteiger partial charge in [-0.05, 0) is 41.6 Å². The molecule has 0 fully saturated rings. The van der Waals surface area contributed by atoms with Crippen LogP contribution >= 0.6 is 0 Å². The summed E-state index contributed by atoms with van der Waals surface area (Å²) in [6.45, 7) is 11.2. The van der Waals surface area contributed by atoms with Gasteiger partial charge in [0, 0.05) is 39.3 Å². The smallest absolute Gasteiger partial charge is 0.137 e. The molecule has 0 radical (unpaired) electrons. The first-order valence-electron chi connectivity index (χ1n) is 9.29. The molecule has 3 heterocycles. The second-order valence-corrected chi connectivity index (χ2v) is 9.05. The maximum Gasteiger partial charge on any atom is 0.137 e. The predicted octanol–water partition coefficient (Wildman–Crippen LogP) is 5.86. The lowest BCUT2D eigenvalue weighted by atomic mass is 9.83. The predicted molar refractivity (Wildman–Crippen MR) is 110 cm³/mol. The monoisotopic (exact) mass is 345 g/mol. The lowest BCUT2D eigenvalue weighted by Gasteiger charge is -2.23. The zero-order valence-electron chi connectivity index (χ0n) is 16.3. The van der Waals surface area contributed by atoms with Crippen molar-refractivity contribution in [2.24, 2.45) is 0 Å². The van der Waals surface area contributed by atoms with Gasteiger partial charge in [0.15, 0.2) is 0 Å². The van der Waals surface area contributed by atoms with E-state index in [2.05, 4.69) is 92.0 Å². The Labute approximate surface area is 154 Å². The Hall–Kier alpha value is -2.55. The first-order chi connectivity index (χ1) is 12.2. The molecule has 4 rings (SSSR count). The summed E-state index contributed by atoms with van der Waals surface area (Å²) in [4.78, 5) is 11.7. The fraction of sp³-hybridized carbons (Fsp3) is 0.348. The van der Waals surface area contributed by atoms with Crippen molar-refractivity contribution >= 4 is 21.9 Å². The van der Waals surface area contributed by atoms with E-state index < -0.39 is 0 Å². The number of nitrogens with zero attached hydrogens (tertiary/aromatic N) is 1. The molecule has 26 heavy (non-hydrogen) atoms. The average Bonchev–Trinajstić information content (AvgIpc) is 3.18. The van der Waals surface area contributed by atoms with Crippen LogP contribution in [0, 0.1) is 0 Å². The Kier molecular flexibility index (Phi) is 3.72. The van der Waals surface area contributed by atoms with Crippen LogP contribution in [0.5, 0.6) is 0 Å². The van der Waals surface area contributed by atoms with Crippen LogP contribution in [0.3, 0.4) is 0 Å². The highest BCUT2D eigenvalue weighted by Crippen LogP contribution is 2.31. The van der Waals surface area contributed by atoms with Crippen molar-refractivity contribution in [3.05, 3.63) is 65.6 Å². The molecule has 1 aromatic carbocycles. The number of H-pyrrole nitrogens is 2. The van der Waals surface area contributed by atoms with E-state index in [-0.39, 0.29) is 10.8 Å². The van der Waals surface area contributed by atoms with Gasteiger partial charge in [0.05, 0.1) is 0 Å². The SMILES string of the molecule is CC(C)(C)c1cc2cc(CC(C)(C)c3cc4ccccc4[nH]3)cnc2[nH]1. The zero-order chi connectivity index (χ0) is 18.5. The number of hydrogen-bond donors (Lipinski definition) is 2. The fourth-order valence-corrected chi connectivity index (χ4v) is 3.61. The number of pyridine rings is 1. The van der Waals surface area contributed by atoms with E-state index in [4.69, 9.17) is 0 Å². The van der Waals surface area contributed by atoms with E-state index in [1.54, 1.807) is 0 Å². The van der Waals surface area contributed by atoms with Crippen LogP contribution in [-0.2, 0) is 17.3 Å². The van der Waals surface area contributed by atoms with Crippen molar-refractivity contribution in [1.82, 2.24) is 15.0 Å². The van der Waals surface area contributed by atoms with Gasteiger partial charge in [-0.15, -0.1) is 0 Å². The van der Waals surface area contributed by atoms with Crippen LogP contribution in [-0.4, -0.2) is 15.0 Å². The standard InChI is InChI=1S/C23H27N3/c1-22(2,3)19-12-17-10-15(14-24-21(17)26-19)13-23(4,5)20-11-16-8-6-7-9-18(16)25-20/h6-12,14,25H,13H2,1-5H3,(H,24,26). The number of para-hydroxylation sites is 1. The average molecular weight is 345 g/mol. The van der Waals surface area contributed by atoms with Gasteiger partial charge >= 0.3 is 0 Å². The van der Waals surface area contributed by atoms with Crippen molar-refractivity contribution in [3.8, 4) is 0 Å². The zero-order valence-corrected chi connectivity index (χ0v) is 16.3. The van der Waals surface area contributed by atoms with Gasteiger partial charge in [-0.2, -0.15) is 0 Å². The number of rotatable bonds is 3. The van der Waals surface area contributed by atoms with Gasteiger partial charge in [-0.1, -0.05) is 52.8 Å². The molecule has 0 saturated carbocycles. The molecule has 0 bridgehead atoms. The van der Waals surface area contributed by atoms with E-state index in [0.29, 0.717) is 0 Å². The van der Waals surface area contributed by atoms with Gasteiger partial charge in [0.25, 0.3) is 0 Å². The highest BCUT2D eigenvalue weighted by Gasteiger charge is 2.24. The van der Waals surface area contributed by atoms with Gasteiger partial charge in [-0.3, -0.25) is 0 Å². The van der Waals surface area contributed by atoms with Crippen molar-refractivity contribution in [2.45, 2.75) is 51.9 Å². The summed E-state index contributed by atoms with van der Waals surface area (Å²) in [7, 11) is 0. The molecule has 0 aliphatic carbocycles. The van der Waals surface area contributed by atoms with Gasteiger partial charge in [0.1, 0.15) is 5.65 Å². The summed E-state index contributed by atoms with van der Waals surface area (Å²) in [5, 5.41) is 2.46. The normalized spacial score (nSPS) is 13.0. The topological polar surface area (TPSA) is 44.5 Å². The van der Waals surface area contributed by atoms with Crippen molar-refractivity contribution < 1.29 is 0 Å². The van der Waals surface area contributed by atoms with Crippen LogP contribution in [0.15, 0.2) is 48.7 Å². The molecule has 4 aromatic rings. The highest BCUT2D eigenvalue weighted by molar-refractivity contribution is 5.80. The molecule has 0 aliphatic heterocycles. The van der Waals surface area contributed by atoms with E-state index in [9.17, 15) is 0 Å². The molecule has 3 heteroatoms. The second kappa shape index (κ2) is 5.73. The molecule has 3 nitrogen and oxygen atoms in total. The number of benzene rings is 1. The molecular weight excluding hydrogens is 318 g/mol. The minimum absolute atomic E-state index is 0.0114. The number of nitrogens with one attached hydrogen (secondary N) is 2. The molecule has 0 saturated heterocycles. The molecule has 2 N–H and O–H groups in total. The van der Waals surface area contributed by atoms with Crippen molar-refractivity contribution in [2.75, 3.05) is 0 Å². The third kappa shape index (κ3) is 3.03. The summed E-state index contributed by atoms with van der Waals surface area (Å²) in [5.74, 6) is 0. The van der Waals surface area contributed by atoms with E-state index >= 15 is 0 Å². The summed E-state index contributed by atoms with van der Waals surface area (Å²) in [6.07, 6.45) is 2.95. The lowest BCUT2D eigenvalue weighted by Crippen LogP contribution is -2.21. The van der Waals surface area contributed by atoms with Gasteiger partial charge < -0.3 is 9.97 Å². The molecule has 0 atom stereocenters. The minimum Gasteiger partial charge on any atom is -0.358 e. The Morgan fingerprint density at radius 3 is 2.31 bits per heavy atom. The van der Waals surface area contributed by atoms with Crippen molar-refractivity contribution in [1.29, 1.82) is 0 Å². The molecule has 3 aromatic heterocycles. The molecule has 0 amide bonds. The Morgan fingerprint density at radius 1 is 0.846 bits per heavy atom. The first-order valence-corrected chi connectivity index (χ1v) is 9.29. The summed E-state index contributed by atoms with van der Waals surface area (Å²) in [5.41, 5.74) is 6.05. The third-order valence-corrected chi connectivity index (χ3v) is 5.24. The molecule has 0 unspecified atom stereocenters. The fourth-order valence-electron chi connectivity index (χ4n) is 3.61. The van der Waals surface area contributed by atoms with Crippen LogP contribution in [0.25, 0.3) is 21.9 Å². The summed E-state index contributed by atoms with van der Waals surface area (Å²) >= 11 is 0. The third-order valence-electron chi connectivity index (χ3n) is 5.24. The van der Waals surface area contributed by atoms with Crippen LogP contribution in [0.2, 0.25) is 0 Å². The molecular formula is C23H27N3. The van der Waals surface area contributed by atoms with Gasteiger partial charge in [-0.25, -0.2) is 4.98 Å². The molecule has 0 spiro atoms. The Balaban J connectivity index is 1.66. The maximum absolute atomic E-state index is 4.67. The van der Waals surface area contributed by atoms with Crippen molar-refractivity contribution in [3.63, 3.8) is 0 Å². The van der Waals surface area contributed by atoms with E-state index in [0.717, 1.165) is 12.1 Å². The minimum atomic E-state index is 0.0114. The van der Waals surface area contributed by atoms with E-state index in [1.165, 1.54) is 33.2 Å². The van der Waals surface area contributed by atoms with Crippen LogP contribution in [0.1, 0.15) is 51.6 Å². The maximum atomic E-state index is 4.67. The second-order valence-electron chi connectivity index (χ2n) is 9.05. The Bertz CT molecular complexity index is 1040. The number of hydrogen-bond acceptors (Lipinski definition) is 1. The Morgan fingerprint density at radius 2 is 1.58 bits per heavy atom. The number of aromatic amines is 2. The highest BCUT2D eigenvalue weighted by atomic mass is 14.9. The van der Waals surface area contributed by atoms with E-state index in [1.807, 2.05) is 6.20 Å². The quantitative estimate of drug-likeness (QED) is 0.480. The molecule has 0 aliphatic rings. The molecule has 134 valence electrons. The number of fused-ring (bicyclic) bond motifs is 2. The van der Waals surface area contributed by atoms with Crippen LogP contribution < -0.4 is 0 Å². The largest absolute Gasteiger partial charge is 0.358 e. The number of aromatic nitrogens is 3.